The molecule has 2 amide bonds. The molecule has 0 unspecified atom stereocenters. The molecule has 0 saturated heterocycles. The molecule has 0 spiro atoms. The van der Waals surface area contributed by atoms with E-state index in [0.29, 0.717) is 54.6 Å². The first kappa shape index (κ1) is 32.0. The van der Waals surface area contributed by atoms with Crippen molar-refractivity contribution in [3.8, 4) is 28.4 Å². The molecule has 0 aliphatic carbocycles. The normalized spacial score (nSPS) is 11.0. The number of aromatic amines is 1. The van der Waals surface area contributed by atoms with Crippen LogP contribution in [-0.4, -0.2) is 44.9 Å². The number of nitrogens with one attached hydrogen (secondary N) is 4. The van der Waals surface area contributed by atoms with Crippen LogP contribution in [0.4, 0.5) is 14.5 Å². The summed E-state index contributed by atoms with van der Waals surface area (Å²) in [6, 6.07) is 17.3. The molecule has 0 saturated carbocycles. The molecule has 3 aromatic heterocycles. The molecule has 0 fully saturated rings. The number of imidazole rings is 1. The van der Waals surface area contributed by atoms with Gasteiger partial charge in [-0.1, -0.05) is 18.2 Å². The first-order valence-electron chi connectivity index (χ1n) is 14.8. The van der Waals surface area contributed by atoms with Gasteiger partial charge in [-0.15, -0.1) is 0 Å². The lowest BCUT2D eigenvalue weighted by Crippen LogP contribution is -2.30. The van der Waals surface area contributed by atoms with Gasteiger partial charge in [-0.2, -0.15) is 0 Å². The van der Waals surface area contributed by atoms with Gasteiger partial charge >= 0.3 is 0 Å². The third kappa shape index (κ3) is 8.18. The topological polar surface area (TPSA) is 160 Å². The smallest absolute Gasteiger partial charge is 0.233 e. The summed E-state index contributed by atoms with van der Waals surface area (Å²) in [6.07, 6.45) is 3.10. The summed E-state index contributed by atoms with van der Waals surface area (Å²) in [4.78, 5) is 40.4. The van der Waals surface area contributed by atoms with E-state index in [1.165, 1.54) is 12.1 Å². The monoisotopic (exact) mass is 628 g/mol. The number of carbonyl (C=O) groups excluding carboxylic acids is 2. The molecule has 5 rings (SSSR count). The number of amides is 2. The van der Waals surface area contributed by atoms with Gasteiger partial charge in [-0.3, -0.25) is 25.0 Å². The van der Waals surface area contributed by atoms with Crippen molar-refractivity contribution in [1.29, 1.82) is 0 Å². The third-order valence-corrected chi connectivity index (χ3v) is 7.11. The molecule has 2 aromatic carbocycles. The maximum Gasteiger partial charge on any atom is 0.233 e. The van der Waals surface area contributed by atoms with Crippen molar-refractivity contribution in [1.82, 2.24) is 30.7 Å². The van der Waals surface area contributed by atoms with E-state index in [4.69, 9.17) is 15.6 Å². The summed E-state index contributed by atoms with van der Waals surface area (Å²) in [5, 5.41) is 6.56. The highest BCUT2D eigenvalue weighted by Crippen LogP contribution is 2.32. The first-order valence-corrected chi connectivity index (χ1v) is 14.8. The highest BCUT2D eigenvalue weighted by molar-refractivity contribution is 5.87. The van der Waals surface area contributed by atoms with E-state index in [1.54, 1.807) is 6.20 Å². The van der Waals surface area contributed by atoms with E-state index in [2.05, 4.69) is 25.6 Å². The SMILES string of the molecule is Cc1cccc(-c2[nH]c(CNc3cccc(F)c3F)nc2-c2ccc3ncc(OCCCNC(=O)CCCC(=O)NN)cc3c2)n1. The summed E-state index contributed by atoms with van der Waals surface area (Å²) in [5.41, 5.74) is 6.49. The van der Waals surface area contributed by atoms with Crippen LogP contribution in [-0.2, 0) is 16.1 Å². The zero-order valence-corrected chi connectivity index (χ0v) is 25.2. The van der Waals surface area contributed by atoms with Crippen molar-refractivity contribution >= 4 is 28.4 Å². The number of carbonyl (C=O) groups is 2. The predicted octanol–water partition coefficient (Wildman–Crippen LogP) is 4.93. The van der Waals surface area contributed by atoms with E-state index < -0.39 is 11.6 Å². The second-order valence-corrected chi connectivity index (χ2v) is 10.6. The number of anilines is 1. The Kier molecular flexibility index (Phi) is 10.5. The second kappa shape index (κ2) is 15.0. The number of H-pyrrole nitrogens is 1. The summed E-state index contributed by atoms with van der Waals surface area (Å²) >= 11 is 0. The van der Waals surface area contributed by atoms with E-state index in [1.807, 2.05) is 54.8 Å². The molecule has 0 aliphatic rings. The number of ether oxygens (including phenoxy) is 1. The largest absolute Gasteiger partial charge is 0.492 e. The van der Waals surface area contributed by atoms with Gasteiger partial charge in [0.05, 0.1) is 47.6 Å². The molecule has 0 aliphatic heterocycles. The van der Waals surface area contributed by atoms with Crippen LogP contribution in [0.5, 0.6) is 5.75 Å². The Balaban J connectivity index is 1.28. The number of hydrogen-bond acceptors (Lipinski definition) is 8. The number of aryl methyl sites for hydroxylation is 1. The molecule has 0 radical (unpaired) electrons. The second-order valence-electron chi connectivity index (χ2n) is 10.6. The maximum atomic E-state index is 14.2. The molecule has 46 heavy (non-hydrogen) atoms. The molecule has 13 heteroatoms. The van der Waals surface area contributed by atoms with E-state index in [0.717, 1.165) is 28.2 Å². The Bertz CT molecular complexity index is 1850. The van der Waals surface area contributed by atoms with Crippen LogP contribution in [0.1, 0.15) is 37.2 Å². The number of rotatable bonds is 14. The Hall–Kier alpha value is -5.43. The number of aromatic nitrogens is 4. The number of pyridine rings is 2. The quantitative estimate of drug-likeness (QED) is 0.0501. The molecule has 11 nitrogen and oxygen atoms in total. The van der Waals surface area contributed by atoms with Gasteiger partial charge in [0, 0.05) is 36.0 Å². The van der Waals surface area contributed by atoms with Crippen molar-refractivity contribution in [2.45, 2.75) is 39.2 Å². The van der Waals surface area contributed by atoms with Gasteiger partial charge < -0.3 is 20.4 Å². The van der Waals surface area contributed by atoms with Crippen LogP contribution < -0.4 is 26.6 Å². The molecular formula is C33H34F2N8O3. The Morgan fingerprint density at radius 2 is 1.80 bits per heavy atom. The number of hydrogen-bond donors (Lipinski definition) is 5. The van der Waals surface area contributed by atoms with Crippen molar-refractivity contribution < 1.29 is 23.1 Å². The van der Waals surface area contributed by atoms with Crippen LogP contribution in [0.3, 0.4) is 0 Å². The average Bonchev–Trinajstić information content (AvgIpc) is 3.49. The zero-order chi connectivity index (χ0) is 32.5. The summed E-state index contributed by atoms with van der Waals surface area (Å²) in [7, 11) is 0. The van der Waals surface area contributed by atoms with E-state index in [-0.39, 0.29) is 36.9 Å². The molecule has 5 aromatic rings. The van der Waals surface area contributed by atoms with Gasteiger partial charge in [0.15, 0.2) is 11.6 Å². The van der Waals surface area contributed by atoms with Crippen LogP contribution in [0.25, 0.3) is 33.5 Å². The summed E-state index contributed by atoms with van der Waals surface area (Å²) < 4.78 is 33.9. The van der Waals surface area contributed by atoms with E-state index in [9.17, 15) is 18.4 Å². The van der Waals surface area contributed by atoms with Crippen LogP contribution in [0.2, 0.25) is 0 Å². The van der Waals surface area contributed by atoms with Crippen LogP contribution >= 0.6 is 0 Å². The Labute approximate surface area is 264 Å². The lowest BCUT2D eigenvalue weighted by Gasteiger charge is -2.09. The van der Waals surface area contributed by atoms with Gasteiger partial charge in [-0.25, -0.2) is 19.6 Å². The molecule has 6 N–H and O–H groups in total. The highest BCUT2D eigenvalue weighted by Gasteiger charge is 2.17. The lowest BCUT2D eigenvalue weighted by atomic mass is 10.1. The first-order chi connectivity index (χ1) is 22.3. The lowest BCUT2D eigenvalue weighted by molar-refractivity contribution is -0.122. The maximum absolute atomic E-state index is 14.2. The van der Waals surface area contributed by atoms with Crippen LogP contribution in [0, 0.1) is 18.6 Å². The zero-order valence-electron chi connectivity index (χ0n) is 25.2. The fourth-order valence-corrected chi connectivity index (χ4v) is 4.80. The molecular weight excluding hydrogens is 594 g/mol. The van der Waals surface area contributed by atoms with Gasteiger partial charge in [0.25, 0.3) is 0 Å². The van der Waals surface area contributed by atoms with Gasteiger partial charge in [0.2, 0.25) is 11.8 Å². The number of nitrogens with two attached hydrogens (primary N) is 1. The summed E-state index contributed by atoms with van der Waals surface area (Å²) in [5.74, 6) is 3.80. The van der Waals surface area contributed by atoms with Crippen molar-refractivity contribution in [2.75, 3.05) is 18.5 Å². The van der Waals surface area contributed by atoms with Crippen LogP contribution in [0.15, 0.2) is 66.9 Å². The minimum absolute atomic E-state index is 0.0358. The third-order valence-electron chi connectivity index (χ3n) is 7.11. The molecule has 238 valence electrons. The minimum Gasteiger partial charge on any atom is -0.492 e. The molecule has 0 atom stereocenters. The van der Waals surface area contributed by atoms with Crippen molar-refractivity contribution in [3.63, 3.8) is 0 Å². The number of fused-ring (bicyclic) bond motifs is 1. The number of hydrazine groups is 1. The highest BCUT2D eigenvalue weighted by atomic mass is 19.2. The molecule has 3 heterocycles. The van der Waals surface area contributed by atoms with Gasteiger partial charge in [0.1, 0.15) is 11.6 Å². The standard InChI is InChI=1S/C33H34F2N8O3/c1-20-6-2-9-27(40-20)33-32(41-28(42-33)19-39-26-8-3-7-24(34)31(26)35)21-12-13-25-22(16-21)17-23(18-38-25)46-15-5-14-37-29(44)10-4-11-30(45)43-36/h2-3,6-9,12-13,16-18,39H,4-5,10-11,14-15,19,36H2,1H3,(H,37,44)(H,41,42)(H,43,45). The Morgan fingerprint density at radius 3 is 2.63 bits per heavy atom. The van der Waals surface area contributed by atoms with Gasteiger partial charge in [-0.05, 0) is 62.2 Å². The average molecular weight is 629 g/mol. The number of benzene rings is 2. The summed E-state index contributed by atoms with van der Waals surface area (Å²) in [6.45, 7) is 2.83. The predicted molar refractivity (Wildman–Crippen MR) is 170 cm³/mol. The Morgan fingerprint density at radius 1 is 0.978 bits per heavy atom. The van der Waals surface area contributed by atoms with E-state index >= 15 is 0 Å². The minimum atomic E-state index is -0.953. The fraction of sp³-hybridized carbons (Fsp3) is 0.242. The number of nitrogens with zero attached hydrogens (tertiary/aromatic N) is 3. The van der Waals surface area contributed by atoms with Crippen molar-refractivity contribution in [3.05, 3.63) is 90.0 Å². The number of halogens is 2. The van der Waals surface area contributed by atoms with Crippen molar-refractivity contribution in [2.24, 2.45) is 5.84 Å². The fourth-order valence-electron chi connectivity index (χ4n) is 4.80. The molecule has 0 bridgehead atoms.